The molecule has 204 valence electrons. The molecular weight excluding hydrogens is 583 g/mol. The molecule has 0 atom stereocenters. The first-order valence-electron chi connectivity index (χ1n) is 11.8. The van der Waals surface area contributed by atoms with Crippen LogP contribution in [0, 0.1) is 6.92 Å². The quantitative estimate of drug-likeness (QED) is 0.260. The molecule has 0 saturated heterocycles. The van der Waals surface area contributed by atoms with Crippen LogP contribution in [0.3, 0.4) is 0 Å². The lowest BCUT2D eigenvalue weighted by atomic mass is 10.1. The average molecular weight is 608 g/mol. The molecule has 4 rings (SSSR count). The molecule has 3 aromatic carbocycles. The van der Waals surface area contributed by atoms with Gasteiger partial charge in [0, 0.05) is 26.2 Å². The van der Waals surface area contributed by atoms with Gasteiger partial charge in [-0.3, -0.25) is 18.6 Å². The molecule has 0 bridgehead atoms. The van der Waals surface area contributed by atoms with Crippen molar-refractivity contribution in [3.05, 3.63) is 103 Å². The zero-order valence-corrected chi connectivity index (χ0v) is 24.6. The number of sulfonamides is 1. The van der Waals surface area contributed by atoms with Crippen LogP contribution in [0.5, 0.6) is 0 Å². The number of halogens is 3. The number of rotatable bonds is 7. The SMILES string of the molecule is CCN(C(=O)c1ccc(Cl)c(S(=O)(=O)N(C)c2c(C)n(C)n(-c3ccccc3)c2=O)c1)c1cccc(Cl)c1Cl. The van der Waals surface area contributed by atoms with E-state index in [1.807, 2.05) is 6.07 Å². The van der Waals surface area contributed by atoms with Crippen molar-refractivity contribution in [2.75, 3.05) is 22.8 Å². The molecule has 0 radical (unpaired) electrons. The van der Waals surface area contributed by atoms with E-state index in [9.17, 15) is 18.0 Å². The van der Waals surface area contributed by atoms with Gasteiger partial charge in [-0.05, 0) is 56.3 Å². The van der Waals surface area contributed by atoms with E-state index in [2.05, 4.69) is 0 Å². The fourth-order valence-corrected chi connectivity index (χ4v) is 6.44. The Morgan fingerprint density at radius 1 is 0.949 bits per heavy atom. The molecule has 0 N–H and O–H groups in total. The van der Waals surface area contributed by atoms with Gasteiger partial charge in [-0.1, -0.05) is 59.1 Å². The zero-order chi connectivity index (χ0) is 28.6. The van der Waals surface area contributed by atoms with Crippen molar-refractivity contribution >= 4 is 62.1 Å². The predicted octanol–water partition coefficient (Wildman–Crippen LogP) is 5.94. The zero-order valence-electron chi connectivity index (χ0n) is 21.5. The lowest BCUT2D eigenvalue weighted by molar-refractivity contribution is 0.0988. The van der Waals surface area contributed by atoms with Crippen LogP contribution in [0.25, 0.3) is 5.69 Å². The Labute approximate surface area is 241 Å². The summed E-state index contributed by atoms with van der Waals surface area (Å²) >= 11 is 18.8. The topological polar surface area (TPSA) is 84.6 Å². The molecule has 1 amide bonds. The fraction of sp³-hybridized carbons (Fsp3) is 0.185. The maximum Gasteiger partial charge on any atom is 0.296 e. The highest BCUT2D eigenvalue weighted by Crippen LogP contribution is 2.34. The summed E-state index contributed by atoms with van der Waals surface area (Å²) in [4.78, 5) is 28.0. The van der Waals surface area contributed by atoms with Gasteiger partial charge in [0.25, 0.3) is 21.5 Å². The minimum absolute atomic E-state index is 0.0463. The molecule has 0 unspecified atom stereocenters. The van der Waals surface area contributed by atoms with Gasteiger partial charge in [0.05, 0.1) is 32.1 Å². The minimum atomic E-state index is -4.36. The Morgan fingerprint density at radius 3 is 2.26 bits per heavy atom. The average Bonchev–Trinajstić information content (AvgIpc) is 3.14. The number of para-hydroxylation sites is 1. The molecule has 0 aliphatic heterocycles. The standard InChI is InChI=1S/C27H25Cl3N4O4S/c1-5-33(22-13-9-12-21(29)24(22)30)26(35)18-14-15-20(28)23(16-18)39(37,38)32(4)25-17(2)31(3)34(27(25)36)19-10-7-6-8-11-19/h6-16H,5H2,1-4H3. The Bertz CT molecular complexity index is 1730. The lowest BCUT2D eigenvalue weighted by Gasteiger charge is -2.24. The van der Waals surface area contributed by atoms with E-state index in [0.29, 0.717) is 17.1 Å². The molecule has 1 aromatic heterocycles. The first kappa shape index (κ1) is 28.8. The third-order valence-electron chi connectivity index (χ3n) is 6.44. The molecule has 1 heterocycles. The number of carbonyl (C=O) groups excluding carboxylic acids is 1. The second-order valence-corrected chi connectivity index (χ2v) is 11.8. The van der Waals surface area contributed by atoms with Gasteiger partial charge in [-0.2, -0.15) is 0 Å². The normalized spacial score (nSPS) is 11.5. The van der Waals surface area contributed by atoms with Crippen molar-refractivity contribution in [3.8, 4) is 5.69 Å². The first-order valence-corrected chi connectivity index (χ1v) is 14.4. The van der Waals surface area contributed by atoms with E-state index in [0.717, 1.165) is 4.31 Å². The lowest BCUT2D eigenvalue weighted by Crippen LogP contribution is -2.33. The molecule has 39 heavy (non-hydrogen) atoms. The number of anilines is 2. The molecule has 0 fully saturated rings. The molecule has 12 heteroatoms. The summed E-state index contributed by atoms with van der Waals surface area (Å²) in [6.45, 7) is 3.65. The Balaban J connectivity index is 1.78. The van der Waals surface area contributed by atoms with Crippen LogP contribution in [0.15, 0.2) is 76.4 Å². The highest BCUT2D eigenvalue weighted by molar-refractivity contribution is 7.93. The van der Waals surface area contributed by atoms with E-state index in [1.54, 1.807) is 68.0 Å². The molecule has 0 aliphatic rings. The molecule has 0 aliphatic carbocycles. The Hall–Kier alpha value is -3.24. The molecule has 0 saturated carbocycles. The predicted molar refractivity (Wildman–Crippen MR) is 157 cm³/mol. The summed E-state index contributed by atoms with van der Waals surface area (Å²) in [7, 11) is -1.42. The number of nitrogens with zero attached hydrogens (tertiary/aromatic N) is 4. The maximum atomic E-state index is 13.8. The number of aromatic nitrogens is 2. The number of hydrogen-bond acceptors (Lipinski definition) is 4. The van der Waals surface area contributed by atoms with Gasteiger partial charge in [-0.25, -0.2) is 13.1 Å². The van der Waals surface area contributed by atoms with Crippen LogP contribution < -0.4 is 14.8 Å². The minimum Gasteiger partial charge on any atom is -0.307 e. The van der Waals surface area contributed by atoms with Gasteiger partial charge in [0.1, 0.15) is 10.6 Å². The second kappa shape index (κ2) is 11.1. The smallest absolute Gasteiger partial charge is 0.296 e. The van der Waals surface area contributed by atoms with Crippen LogP contribution in [0.4, 0.5) is 11.4 Å². The van der Waals surface area contributed by atoms with Crippen molar-refractivity contribution in [3.63, 3.8) is 0 Å². The summed E-state index contributed by atoms with van der Waals surface area (Å²) in [5.74, 6) is -0.500. The van der Waals surface area contributed by atoms with Crippen LogP contribution >= 0.6 is 34.8 Å². The summed E-state index contributed by atoms with van der Waals surface area (Å²) in [6, 6.07) is 17.8. The van der Waals surface area contributed by atoms with Gasteiger partial charge in [0.15, 0.2) is 0 Å². The maximum absolute atomic E-state index is 13.8. The van der Waals surface area contributed by atoms with Crippen LogP contribution in [0.1, 0.15) is 23.0 Å². The first-order chi connectivity index (χ1) is 18.4. The summed E-state index contributed by atoms with van der Waals surface area (Å²) in [5, 5.41) is 0.380. The van der Waals surface area contributed by atoms with E-state index in [1.165, 1.54) is 34.8 Å². The van der Waals surface area contributed by atoms with Crippen molar-refractivity contribution in [2.45, 2.75) is 18.7 Å². The van der Waals surface area contributed by atoms with E-state index < -0.39 is 21.5 Å². The highest BCUT2D eigenvalue weighted by atomic mass is 35.5. The van der Waals surface area contributed by atoms with Gasteiger partial charge in [0.2, 0.25) is 0 Å². The van der Waals surface area contributed by atoms with Gasteiger partial charge >= 0.3 is 0 Å². The third-order valence-corrected chi connectivity index (χ3v) is 9.49. The van der Waals surface area contributed by atoms with Gasteiger partial charge < -0.3 is 4.90 Å². The highest BCUT2D eigenvalue weighted by Gasteiger charge is 2.31. The summed E-state index contributed by atoms with van der Waals surface area (Å²) in [5.41, 5.74) is 0.879. The second-order valence-electron chi connectivity index (χ2n) is 8.65. The van der Waals surface area contributed by atoms with Crippen molar-refractivity contribution in [1.82, 2.24) is 9.36 Å². The summed E-state index contributed by atoms with van der Waals surface area (Å²) < 4.78 is 31.5. The molecule has 4 aromatic rings. The molecule has 8 nitrogen and oxygen atoms in total. The Kier molecular flexibility index (Phi) is 8.18. The largest absolute Gasteiger partial charge is 0.307 e. The van der Waals surface area contributed by atoms with E-state index in [4.69, 9.17) is 34.8 Å². The number of carbonyl (C=O) groups is 1. The van der Waals surface area contributed by atoms with E-state index in [-0.39, 0.29) is 37.8 Å². The van der Waals surface area contributed by atoms with Crippen molar-refractivity contribution < 1.29 is 13.2 Å². The molecular formula is C27H25Cl3N4O4S. The Morgan fingerprint density at radius 2 is 1.62 bits per heavy atom. The molecule has 0 spiro atoms. The van der Waals surface area contributed by atoms with Crippen LogP contribution in [-0.4, -0.2) is 37.3 Å². The number of hydrogen-bond donors (Lipinski definition) is 0. The monoisotopic (exact) mass is 606 g/mol. The number of benzene rings is 3. The van der Waals surface area contributed by atoms with Crippen molar-refractivity contribution in [1.29, 1.82) is 0 Å². The van der Waals surface area contributed by atoms with Crippen LogP contribution in [-0.2, 0) is 17.1 Å². The third kappa shape index (κ3) is 5.07. The van der Waals surface area contributed by atoms with Gasteiger partial charge in [-0.15, -0.1) is 0 Å². The fourth-order valence-electron chi connectivity index (χ4n) is 4.30. The van der Waals surface area contributed by atoms with Crippen LogP contribution in [0.2, 0.25) is 15.1 Å². The van der Waals surface area contributed by atoms with Crippen molar-refractivity contribution in [2.24, 2.45) is 7.05 Å². The van der Waals surface area contributed by atoms with E-state index >= 15 is 0 Å². The summed E-state index contributed by atoms with van der Waals surface area (Å²) in [6.07, 6.45) is 0. The number of amides is 1.